The third-order valence-electron chi connectivity index (χ3n) is 6.02. The number of ether oxygens (including phenoxy) is 2. The zero-order chi connectivity index (χ0) is 29.6. The van der Waals surface area contributed by atoms with Crippen molar-refractivity contribution in [3.8, 4) is 0 Å². The molecule has 1 aliphatic rings. The fourth-order valence-electron chi connectivity index (χ4n) is 3.57. The second-order valence-corrected chi connectivity index (χ2v) is 9.24. The molecule has 0 aliphatic heterocycles. The van der Waals surface area contributed by atoms with Gasteiger partial charge in [0.2, 0.25) is 12.2 Å². The van der Waals surface area contributed by atoms with Crippen LogP contribution in [0.1, 0.15) is 49.7 Å². The minimum absolute atomic E-state index is 0.0332. The molecule has 3 aromatic carbocycles. The van der Waals surface area contributed by atoms with Gasteiger partial charge in [0.1, 0.15) is 0 Å². The monoisotopic (exact) mass is 555 g/mol. The van der Waals surface area contributed by atoms with Crippen molar-refractivity contribution in [1.82, 2.24) is 0 Å². The third-order valence-corrected chi connectivity index (χ3v) is 6.02. The molecule has 40 heavy (non-hydrogen) atoms. The molecule has 0 amide bonds. The lowest BCUT2D eigenvalue weighted by Gasteiger charge is -2.21. The number of carboxylic acid groups (broad SMARTS) is 2. The Morgan fingerprint density at radius 3 is 1.48 bits per heavy atom. The van der Waals surface area contributed by atoms with Crippen LogP contribution >= 0.6 is 0 Å². The molecular formula is C29H27F2NO8. The molecule has 11 heteroatoms. The van der Waals surface area contributed by atoms with Crippen LogP contribution in [0.3, 0.4) is 0 Å². The Bertz CT molecular complexity index is 1320. The average molecular weight is 556 g/mol. The van der Waals surface area contributed by atoms with Gasteiger partial charge >= 0.3 is 23.9 Å². The topological polar surface area (TPSA) is 153 Å². The summed E-state index contributed by atoms with van der Waals surface area (Å²) in [7, 11) is 0. The first-order valence-electron chi connectivity index (χ1n) is 12.1. The van der Waals surface area contributed by atoms with E-state index < -0.39 is 47.7 Å². The highest BCUT2D eigenvalue weighted by molar-refractivity contribution is 5.95. The van der Waals surface area contributed by atoms with Crippen molar-refractivity contribution >= 4 is 23.9 Å². The largest absolute Gasteiger partial charge is 0.478 e. The summed E-state index contributed by atoms with van der Waals surface area (Å²) in [6.45, 7) is 3.58. The third kappa shape index (κ3) is 7.93. The molecule has 1 saturated carbocycles. The predicted molar refractivity (Wildman–Crippen MR) is 138 cm³/mol. The van der Waals surface area contributed by atoms with Crippen LogP contribution in [0.15, 0.2) is 66.7 Å². The number of hydrogen-bond acceptors (Lipinski definition) is 7. The highest BCUT2D eigenvalue weighted by Gasteiger charge is 2.41. The van der Waals surface area contributed by atoms with Crippen molar-refractivity contribution in [2.45, 2.75) is 44.4 Å². The highest BCUT2D eigenvalue weighted by atomic mass is 19.2. The quantitative estimate of drug-likeness (QED) is 0.350. The molecule has 210 valence electrons. The molecule has 0 spiro atoms. The van der Waals surface area contributed by atoms with Crippen molar-refractivity contribution in [2.75, 3.05) is 0 Å². The molecule has 4 atom stereocenters. The van der Waals surface area contributed by atoms with E-state index in [1.165, 1.54) is 30.3 Å². The lowest BCUT2D eigenvalue weighted by atomic mass is 10.1. The summed E-state index contributed by atoms with van der Waals surface area (Å²) in [5.41, 5.74) is 8.17. The molecule has 4 N–H and O–H groups in total. The molecule has 0 bridgehead atoms. The Labute approximate surface area is 228 Å². The number of halogens is 2. The lowest BCUT2D eigenvalue weighted by Crippen LogP contribution is -2.45. The van der Waals surface area contributed by atoms with E-state index in [1.807, 2.05) is 0 Å². The first-order valence-corrected chi connectivity index (χ1v) is 12.1. The van der Waals surface area contributed by atoms with E-state index in [0.29, 0.717) is 0 Å². The number of esters is 2. The fraction of sp³-hybridized carbons (Fsp3) is 0.241. The van der Waals surface area contributed by atoms with E-state index in [1.54, 1.807) is 44.2 Å². The molecule has 4 rings (SSSR count). The Hall–Kier alpha value is -4.64. The van der Waals surface area contributed by atoms with Gasteiger partial charge in [0, 0.05) is 12.0 Å². The second-order valence-electron chi connectivity index (χ2n) is 9.24. The van der Waals surface area contributed by atoms with Gasteiger partial charge in [-0.05, 0) is 62.2 Å². The average Bonchev–Trinajstić information content (AvgIpc) is 3.64. The van der Waals surface area contributed by atoms with E-state index in [-0.39, 0.29) is 23.1 Å². The summed E-state index contributed by atoms with van der Waals surface area (Å²) in [6, 6.07) is 16.2. The van der Waals surface area contributed by atoms with Gasteiger partial charge in [0.25, 0.3) is 0 Å². The van der Waals surface area contributed by atoms with Crippen LogP contribution in [0, 0.1) is 25.5 Å². The number of hydrogen-bond donors (Lipinski definition) is 3. The normalized spacial score (nSPS) is 16.9. The van der Waals surface area contributed by atoms with Gasteiger partial charge in [-0.3, -0.25) is 0 Å². The fourth-order valence-corrected chi connectivity index (χ4v) is 3.57. The number of carboxylic acids is 2. The van der Waals surface area contributed by atoms with Crippen molar-refractivity contribution in [3.63, 3.8) is 0 Å². The van der Waals surface area contributed by atoms with Crippen molar-refractivity contribution in [3.05, 3.63) is 106 Å². The summed E-state index contributed by atoms with van der Waals surface area (Å²) in [6.07, 6.45) is -3.56. The molecular weight excluding hydrogens is 528 g/mol. The van der Waals surface area contributed by atoms with E-state index in [4.69, 9.17) is 15.2 Å². The smallest absolute Gasteiger partial charge is 0.349 e. The number of rotatable bonds is 8. The molecule has 2 unspecified atom stereocenters. The summed E-state index contributed by atoms with van der Waals surface area (Å²) < 4.78 is 34.8. The van der Waals surface area contributed by atoms with Crippen molar-refractivity contribution in [1.29, 1.82) is 0 Å². The number of nitrogens with two attached hydrogens (primary N) is 1. The number of aliphatic carboxylic acids is 2. The Morgan fingerprint density at radius 1 is 0.750 bits per heavy atom. The van der Waals surface area contributed by atoms with E-state index in [2.05, 4.69) is 0 Å². The molecule has 0 saturated heterocycles. The maximum atomic E-state index is 12.7. The van der Waals surface area contributed by atoms with Gasteiger partial charge in [0.05, 0.1) is 11.1 Å². The van der Waals surface area contributed by atoms with Crippen molar-refractivity contribution < 1.29 is 47.6 Å². The minimum Gasteiger partial charge on any atom is -0.478 e. The van der Waals surface area contributed by atoms with Gasteiger partial charge in [-0.25, -0.2) is 28.0 Å². The van der Waals surface area contributed by atoms with Crippen LogP contribution in [-0.4, -0.2) is 52.3 Å². The number of benzene rings is 3. The number of aryl methyl sites for hydroxylation is 2. The van der Waals surface area contributed by atoms with E-state index >= 15 is 0 Å². The van der Waals surface area contributed by atoms with Crippen LogP contribution in [0.2, 0.25) is 0 Å². The molecule has 0 radical (unpaired) electrons. The summed E-state index contributed by atoms with van der Waals surface area (Å²) >= 11 is 0. The molecule has 0 aromatic heterocycles. The van der Waals surface area contributed by atoms with Crippen LogP contribution in [0.5, 0.6) is 0 Å². The van der Waals surface area contributed by atoms with Gasteiger partial charge < -0.3 is 25.4 Å². The van der Waals surface area contributed by atoms with Crippen LogP contribution in [0.4, 0.5) is 8.78 Å². The Morgan fingerprint density at radius 2 is 1.15 bits per heavy atom. The van der Waals surface area contributed by atoms with Crippen LogP contribution < -0.4 is 5.73 Å². The molecule has 1 fully saturated rings. The van der Waals surface area contributed by atoms with Crippen LogP contribution in [0.25, 0.3) is 0 Å². The SMILES string of the molecule is Cc1ccc(C(=O)OC(C(=O)O)C(OC(=O)c2ccc(C)cc2)C(=O)O)cc1.N[C@@H]1C[C@H]1c1ccc(F)c(F)c1. The minimum atomic E-state index is -2.22. The summed E-state index contributed by atoms with van der Waals surface area (Å²) in [5, 5.41) is 18.6. The molecule has 9 nitrogen and oxygen atoms in total. The number of carbonyl (C=O) groups is 4. The first kappa shape index (κ1) is 29.9. The van der Waals surface area contributed by atoms with Gasteiger partial charge in [-0.2, -0.15) is 0 Å². The van der Waals surface area contributed by atoms with Crippen LogP contribution in [-0.2, 0) is 19.1 Å². The van der Waals surface area contributed by atoms with Gasteiger partial charge in [-0.1, -0.05) is 41.5 Å². The highest BCUT2D eigenvalue weighted by Crippen LogP contribution is 2.39. The zero-order valence-corrected chi connectivity index (χ0v) is 21.5. The van der Waals surface area contributed by atoms with Gasteiger partial charge in [0.15, 0.2) is 11.6 Å². The summed E-state index contributed by atoms with van der Waals surface area (Å²) in [5.74, 6) is -6.97. The first-order chi connectivity index (χ1) is 18.9. The second kappa shape index (κ2) is 12.9. The van der Waals surface area contributed by atoms with E-state index in [9.17, 15) is 38.2 Å². The maximum absolute atomic E-state index is 12.7. The van der Waals surface area contributed by atoms with E-state index in [0.717, 1.165) is 29.2 Å². The van der Waals surface area contributed by atoms with Crippen molar-refractivity contribution in [2.24, 2.45) is 5.73 Å². The zero-order valence-electron chi connectivity index (χ0n) is 21.5. The Kier molecular flexibility index (Phi) is 9.68. The lowest BCUT2D eigenvalue weighted by molar-refractivity contribution is -0.166. The molecule has 0 heterocycles. The maximum Gasteiger partial charge on any atom is 0.349 e. The summed E-state index contributed by atoms with van der Waals surface area (Å²) in [4.78, 5) is 47.3. The standard InChI is InChI=1S/C20H18O8.C9H9F2N/c1-11-3-7-13(8-4-11)19(25)27-15(17(21)22)16(18(23)24)28-20(26)14-9-5-12(2)6-10-14;10-7-2-1-5(3-8(7)11)6-4-9(6)12/h3-10,15-16H,1-2H3,(H,21,22)(H,23,24);1-3,6,9H,4,12H2/t;6-,9+/m.0/s1. The Balaban J connectivity index is 0.000000302. The number of carbonyl (C=O) groups excluding carboxylic acids is 2. The van der Waals surface area contributed by atoms with Gasteiger partial charge in [-0.15, -0.1) is 0 Å². The predicted octanol–water partition coefficient (Wildman–Crippen LogP) is 4.00. The molecule has 3 aromatic rings. The molecule has 1 aliphatic carbocycles.